The van der Waals surface area contributed by atoms with E-state index in [2.05, 4.69) is 5.32 Å². The Hall–Kier alpha value is -3.60. The van der Waals surface area contributed by atoms with Crippen LogP contribution in [0.25, 0.3) is 0 Å². The third kappa shape index (κ3) is 4.83. The summed E-state index contributed by atoms with van der Waals surface area (Å²) in [5, 5.41) is 3.01. The van der Waals surface area contributed by atoms with Crippen LogP contribution in [-0.2, 0) is 16.1 Å². The quantitative estimate of drug-likeness (QED) is 0.616. The number of rotatable bonds is 7. The molecule has 0 spiro atoms. The summed E-state index contributed by atoms with van der Waals surface area (Å²) >= 11 is 0. The molecule has 0 aliphatic carbocycles. The Morgan fingerprint density at radius 3 is 2.09 bits per heavy atom. The molecule has 0 unspecified atom stereocenters. The predicted molar refractivity (Wildman–Crippen MR) is 124 cm³/mol. The van der Waals surface area contributed by atoms with E-state index in [-0.39, 0.29) is 11.8 Å². The Labute approximate surface area is 189 Å². The molecule has 3 aromatic carbocycles. The van der Waals surface area contributed by atoms with Crippen molar-refractivity contribution in [2.24, 2.45) is 0 Å². The lowest BCUT2D eigenvalue weighted by Crippen LogP contribution is -2.47. The molecule has 1 fully saturated rings. The molecular weight excluding hydrogens is 400 g/mol. The first-order valence-corrected chi connectivity index (χ1v) is 11.0. The number of benzene rings is 3. The number of likely N-dealkylation sites (tertiary alicyclic amines) is 1. The van der Waals surface area contributed by atoms with Gasteiger partial charge in [-0.3, -0.25) is 9.59 Å². The number of methoxy groups -OCH3 is 1. The number of carbonyl (C=O) groups is 2. The second-order valence-electron chi connectivity index (χ2n) is 8.01. The Morgan fingerprint density at radius 1 is 0.938 bits per heavy atom. The van der Waals surface area contributed by atoms with Gasteiger partial charge in [0.2, 0.25) is 11.8 Å². The van der Waals surface area contributed by atoms with Crippen molar-refractivity contribution in [2.45, 2.75) is 31.3 Å². The first-order chi connectivity index (χ1) is 15.7. The van der Waals surface area contributed by atoms with Crippen molar-refractivity contribution in [3.05, 3.63) is 102 Å². The van der Waals surface area contributed by atoms with E-state index in [1.807, 2.05) is 84.9 Å². The predicted octanol–water partition coefficient (Wildman–Crippen LogP) is 4.13. The molecule has 0 bridgehead atoms. The van der Waals surface area contributed by atoms with E-state index >= 15 is 0 Å². The van der Waals surface area contributed by atoms with E-state index < -0.39 is 12.0 Å². The number of ether oxygens (including phenoxy) is 1. The summed E-state index contributed by atoms with van der Waals surface area (Å²) in [6.45, 7) is 1.01. The Morgan fingerprint density at radius 2 is 1.53 bits per heavy atom. The Bertz CT molecular complexity index is 996. The summed E-state index contributed by atoms with van der Waals surface area (Å²) in [6.07, 6.45) is 1.50. The molecule has 0 aromatic heterocycles. The summed E-state index contributed by atoms with van der Waals surface area (Å²) in [7, 11) is 1.63. The zero-order chi connectivity index (χ0) is 22.3. The van der Waals surface area contributed by atoms with Crippen LogP contribution >= 0.6 is 0 Å². The van der Waals surface area contributed by atoms with Crippen LogP contribution in [0.1, 0.15) is 35.4 Å². The second kappa shape index (κ2) is 10.1. The molecule has 1 atom stereocenters. The summed E-state index contributed by atoms with van der Waals surface area (Å²) in [6, 6.07) is 26.7. The fourth-order valence-corrected chi connectivity index (χ4v) is 4.29. The fraction of sp³-hybridized carbons (Fsp3) is 0.259. The van der Waals surface area contributed by atoms with Gasteiger partial charge < -0.3 is 15.0 Å². The fourth-order valence-electron chi connectivity index (χ4n) is 4.29. The van der Waals surface area contributed by atoms with Crippen molar-refractivity contribution in [3.63, 3.8) is 0 Å². The van der Waals surface area contributed by atoms with E-state index in [0.717, 1.165) is 28.9 Å². The van der Waals surface area contributed by atoms with Crippen LogP contribution in [0.5, 0.6) is 5.75 Å². The van der Waals surface area contributed by atoms with Gasteiger partial charge in [-0.15, -0.1) is 0 Å². The van der Waals surface area contributed by atoms with Crippen molar-refractivity contribution >= 4 is 11.8 Å². The van der Waals surface area contributed by atoms with Crippen LogP contribution in [0.15, 0.2) is 84.9 Å². The molecule has 1 aliphatic rings. The summed E-state index contributed by atoms with van der Waals surface area (Å²) in [5.74, 6) is 0.226. The van der Waals surface area contributed by atoms with Crippen molar-refractivity contribution in [3.8, 4) is 5.75 Å². The monoisotopic (exact) mass is 428 g/mol. The van der Waals surface area contributed by atoms with Crippen LogP contribution in [0.2, 0.25) is 0 Å². The van der Waals surface area contributed by atoms with Gasteiger partial charge in [0.05, 0.1) is 13.0 Å². The van der Waals surface area contributed by atoms with E-state index in [9.17, 15) is 9.59 Å². The minimum atomic E-state index is -0.448. The number of carbonyl (C=O) groups excluding carboxylic acids is 2. The van der Waals surface area contributed by atoms with Crippen molar-refractivity contribution in [1.29, 1.82) is 0 Å². The van der Waals surface area contributed by atoms with Gasteiger partial charge in [0.25, 0.3) is 0 Å². The van der Waals surface area contributed by atoms with Gasteiger partial charge >= 0.3 is 0 Å². The molecule has 5 heteroatoms. The van der Waals surface area contributed by atoms with E-state index in [1.54, 1.807) is 12.0 Å². The summed E-state index contributed by atoms with van der Waals surface area (Å²) in [5.41, 5.74) is 2.86. The molecule has 32 heavy (non-hydrogen) atoms. The minimum Gasteiger partial charge on any atom is -0.497 e. The molecule has 164 valence electrons. The third-order valence-corrected chi connectivity index (χ3v) is 5.98. The van der Waals surface area contributed by atoms with Gasteiger partial charge in [-0.05, 0) is 41.7 Å². The highest BCUT2D eigenvalue weighted by Crippen LogP contribution is 2.30. The molecule has 2 amide bonds. The minimum absolute atomic E-state index is 0.0236. The van der Waals surface area contributed by atoms with E-state index in [1.165, 1.54) is 0 Å². The van der Waals surface area contributed by atoms with Gasteiger partial charge in [0.1, 0.15) is 11.8 Å². The largest absolute Gasteiger partial charge is 0.497 e. The van der Waals surface area contributed by atoms with Crippen LogP contribution in [0, 0.1) is 0 Å². The zero-order valence-electron chi connectivity index (χ0n) is 18.2. The molecule has 1 N–H and O–H groups in total. The maximum atomic E-state index is 13.7. The first-order valence-electron chi connectivity index (χ1n) is 11.0. The lowest BCUT2D eigenvalue weighted by atomic mass is 9.90. The Kier molecular flexibility index (Phi) is 6.85. The topological polar surface area (TPSA) is 58.6 Å². The molecular formula is C27H28N2O3. The highest BCUT2D eigenvalue weighted by molar-refractivity contribution is 5.93. The smallest absolute Gasteiger partial charge is 0.243 e. The second-order valence-corrected chi connectivity index (χ2v) is 8.01. The summed E-state index contributed by atoms with van der Waals surface area (Å²) in [4.78, 5) is 28.5. The highest BCUT2D eigenvalue weighted by Gasteiger charge is 2.38. The van der Waals surface area contributed by atoms with Gasteiger partial charge in [0, 0.05) is 13.1 Å². The number of hydrogen-bond acceptors (Lipinski definition) is 3. The lowest BCUT2D eigenvalue weighted by Gasteiger charge is -2.29. The highest BCUT2D eigenvalue weighted by atomic mass is 16.5. The van der Waals surface area contributed by atoms with Gasteiger partial charge in [-0.2, -0.15) is 0 Å². The standard InChI is InChI=1S/C27H28N2O3/c1-32-23-16-14-20(15-17-23)19-28-26(30)24-13-8-18-29(24)27(31)25(21-9-4-2-5-10-21)22-11-6-3-7-12-22/h2-7,9-12,14-17,24-25H,8,13,18-19H2,1H3,(H,28,30)/t24-/m1/s1. The third-order valence-electron chi connectivity index (χ3n) is 5.98. The number of hydrogen-bond donors (Lipinski definition) is 1. The molecule has 0 saturated carbocycles. The van der Waals surface area contributed by atoms with Crippen LogP contribution < -0.4 is 10.1 Å². The van der Waals surface area contributed by atoms with Gasteiger partial charge in [-0.25, -0.2) is 0 Å². The maximum Gasteiger partial charge on any atom is 0.243 e. The molecule has 1 heterocycles. The summed E-state index contributed by atoms with van der Waals surface area (Å²) < 4.78 is 5.18. The van der Waals surface area contributed by atoms with Gasteiger partial charge in [0.15, 0.2) is 0 Å². The van der Waals surface area contributed by atoms with Crippen molar-refractivity contribution in [2.75, 3.05) is 13.7 Å². The molecule has 5 nitrogen and oxygen atoms in total. The number of amides is 2. The molecule has 1 saturated heterocycles. The number of nitrogens with one attached hydrogen (secondary N) is 1. The normalized spacial score (nSPS) is 15.6. The SMILES string of the molecule is COc1ccc(CNC(=O)[C@H]2CCCN2C(=O)C(c2ccccc2)c2ccccc2)cc1. The van der Waals surface area contributed by atoms with Crippen molar-refractivity contribution < 1.29 is 14.3 Å². The average Bonchev–Trinajstić information content (AvgIpc) is 3.35. The van der Waals surface area contributed by atoms with Crippen LogP contribution in [-0.4, -0.2) is 36.4 Å². The zero-order valence-corrected chi connectivity index (χ0v) is 18.2. The Balaban J connectivity index is 1.50. The molecule has 0 radical (unpaired) electrons. The molecule has 1 aliphatic heterocycles. The van der Waals surface area contributed by atoms with Crippen LogP contribution in [0.3, 0.4) is 0 Å². The average molecular weight is 429 g/mol. The lowest BCUT2D eigenvalue weighted by molar-refractivity contribution is -0.139. The van der Waals surface area contributed by atoms with E-state index in [4.69, 9.17) is 4.74 Å². The van der Waals surface area contributed by atoms with Crippen molar-refractivity contribution in [1.82, 2.24) is 10.2 Å². The number of nitrogens with zero attached hydrogens (tertiary/aromatic N) is 1. The van der Waals surface area contributed by atoms with Crippen LogP contribution in [0.4, 0.5) is 0 Å². The van der Waals surface area contributed by atoms with Gasteiger partial charge in [-0.1, -0.05) is 72.8 Å². The molecule has 4 rings (SSSR count). The van der Waals surface area contributed by atoms with E-state index in [0.29, 0.717) is 19.5 Å². The first kappa shape index (κ1) is 21.6. The maximum absolute atomic E-state index is 13.7. The molecule has 3 aromatic rings.